The molecule has 2 nitrogen and oxygen atoms in total. The van der Waals surface area contributed by atoms with Gasteiger partial charge in [-0.1, -0.05) is 12.2 Å². The quantitative estimate of drug-likeness (QED) is 0.771. The van der Waals surface area contributed by atoms with Gasteiger partial charge in [-0.05, 0) is 80.6 Å². The van der Waals surface area contributed by atoms with E-state index < -0.39 is 0 Å². The number of rotatable bonds is 4. The average molecular weight is 315 g/mol. The summed E-state index contributed by atoms with van der Waals surface area (Å²) in [4.78, 5) is 2.63. The van der Waals surface area contributed by atoms with Gasteiger partial charge in [0.2, 0.25) is 0 Å². The van der Waals surface area contributed by atoms with Crippen LogP contribution in [0.2, 0.25) is 0 Å². The van der Waals surface area contributed by atoms with Gasteiger partial charge in [0.1, 0.15) is 11.6 Å². The Kier molecular flexibility index (Phi) is 4.14. The topological polar surface area (TPSA) is 12.5 Å². The van der Waals surface area contributed by atoms with E-state index in [4.69, 9.17) is 4.74 Å². The highest BCUT2D eigenvalue weighted by Crippen LogP contribution is 2.44. The van der Waals surface area contributed by atoms with Crippen LogP contribution in [0.3, 0.4) is 0 Å². The number of allylic oxidation sites excluding steroid dienone is 2. The first-order valence-electron chi connectivity index (χ1n) is 8.97. The molecule has 1 heterocycles. The van der Waals surface area contributed by atoms with Crippen molar-refractivity contribution in [2.45, 2.75) is 31.6 Å². The lowest BCUT2D eigenvalue weighted by Crippen LogP contribution is -2.37. The second kappa shape index (κ2) is 6.27. The Balaban J connectivity index is 1.36. The molecule has 1 aromatic carbocycles. The molecule has 1 saturated carbocycles. The first-order valence-corrected chi connectivity index (χ1v) is 8.97. The predicted molar refractivity (Wildman–Crippen MR) is 90.2 cm³/mol. The second-order valence-corrected chi connectivity index (χ2v) is 7.50. The number of nitrogens with zero attached hydrogens (tertiary/aromatic N) is 1. The van der Waals surface area contributed by atoms with Crippen LogP contribution in [0.5, 0.6) is 5.75 Å². The lowest BCUT2D eigenvalue weighted by molar-refractivity contribution is 0.171. The van der Waals surface area contributed by atoms with Crippen molar-refractivity contribution in [1.29, 1.82) is 0 Å². The summed E-state index contributed by atoms with van der Waals surface area (Å²) in [6.07, 6.45) is 9.86. The molecule has 0 spiro atoms. The molecule has 23 heavy (non-hydrogen) atoms. The lowest BCUT2D eigenvalue weighted by atomic mass is 9.87. The standard InChI is InChI=1S/C20H26FNO/c1-23-20-5-4-18(21)12-19(20)15-6-8-22(9-7-15)13-17-11-14-2-3-16(17)10-14/h2-5,12,14-17H,6-11,13H2,1H3/t14-,16-,17+/m0/s1. The largest absolute Gasteiger partial charge is 0.496 e. The van der Waals surface area contributed by atoms with Gasteiger partial charge in [0.05, 0.1) is 7.11 Å². The van der Waals surface area contributed by atoms with Crippen LogP contribution < -0.4 is 4.74 Å². The highest BCUT2D eigenvalue weighted by molar-refractivity contribution is 5.37. The van der Waals surface area contributed by atoms with Crippen molar-refractivity contribution in [2.75, 3.05) is 26.7 Å². The second-order valence-electron chi connectivity index (χ2n) is 7.50. The Bertz CT molecular complexity index is 591. The highest BCUT2D eigenvalue weighted by Gasteiger charge is 2.37. The van der Waals surface area contributed by atoms with E-state index in [1.807, 2.05) is 0 Å². The molecule has 0 radical (unpaired) electrons. The van der Waals surface area contributed by atoms with Crippen molar-refractivity contribution in [3.05, 3.63) is 41.7 Å². The third-order valence-electron chi connectivity index (χ3n) is 6.13. The van der Waals surface area contributed by atoms with Gasteiger partial charge >= 0.3 is 0 Å². The molecular weight excluding hydrogens is 289 g/mol. The summed E-state index contributed by atoms with van der Waals surface area (Å²) in [6.45, 7) is 3.50. The number of halogens is 1. The maximum absolute atomic E-state index is 13.6. The maximum Gasteiger partial charge on any atom is 0.123 e. The van der Waals surface area contributed by atoms with E-state index in [9.17, 15) is 4.39 Å². The number of hydrogen-bond acceptors (Lipinski definition) is 2. The molecule has 1 aromatic rings. The number of fused-ring (bicyclic) bond motifs is 2. The number of likely N-dealkylation sites (tertiary alicyclic amines) is 1. The highest BCUT2D eigenvalue weighted by atomic mass is 19.1. The van der Waals surface area contributed by atoms with E-state index in [2.05, 4.69) is 17.1 Å². The van der Waals surface area contributed by atoms with Crippen molar-refractivity contribution in [2.24, 2.45) is 17.8 Å². The van der Waals surface area contributed by atoms with Crippen LogP contribution in [-0.4, -0.2) is 31.6 Å². The van der Waals surface area contributed by atoms with Crippen LogP contribution in [0.15, 0.2) is 30.4 Å². The average Bonchev–Trinajstić information content (AvgIpc) is 3.18. The fourth-order valence-electron chi connectivity index (χ4n) is 4.89. The summed E-state index contributed by atoms with van der Waals surface area (Å²) in [5, 5.41) is 0. The van der Waals surface area contributed by atoms with E-state index in [1.54, 1.807) is 19.2 Å². The molecular formula is C20H26FNO. The van der Waals surface area contributed by atoms with Crippen LogP contribution in [0.1, 0.15) is 37.2 Å². The van der Waals surface area contributed by atoms with Crippen LogP contribution in [0.25, 0.3) is 0 Å². The van der Waals surface area contributed by atoms with Gasteiger partial charge in [0, 0.05) is 12.1 Å². The molecule has 1 aliphatic heterocycles. The van der Waals surface area contributed by atoms with Crippen molar-refractivity contribution >= 4 is 0 Å². The summed E-state index contributed by atoms with van der Waals surface area (Å²) in [6, 6.07) is 4.92. The number of benzene rings is 1. The number of piperidine rings is 1. The SMILES string of the molecule is COc1ccc(F)cc1C1CCN(C[C@H]2C[C@H]3C=C[C@H]2C3)CC1. The molecule has 0 unspecified atom stereocenters. The Labute approximate surface area is 138 Å². The molecule has 3 atom stereocenters. The molecule has 3 aliphatic rings. The van der Waals surface area contributed by atoms with E-state index in [-0.39, 0.29) is 5.82 Å². The van der Waals surface area contributed by atoms with Crippen molar-refractivity contribution in [3.8, 4) is 5.75 Å². The zero-order chi connectivity index (χ0) is 15.8. The Morgan fingerprint density at radius 3 is 2.65 bits per heavy atom. The number of hydrogen-bond donors (Lipinski definition) is 0. The Hall–Kier alpha value is -1.35. The minimum atomic E-state index is -0.156. The first-order chi connectivity index (χ1) is 11.2. The van der Waals surface area contributed by atoms with E-state index in [0.29, 0.717) is 5.92 Å². The Morgan fingerprint density at radius 1 is 1.17 bits per heavy atom. The van der Waals surface area contributed by atoms with Crippen LogP contribution in [-0.2, 0) is 0 Å². The summed E-state index contributed by atoms with van der Waals surface area (Å²) >= 11 is 0. The molecule has 3 heteroatoms. The minimum absolute atomic E-state index is 0.156. The monoisotopic (exact) mass is 315 g/mol. The Morgan fingerprint density at radius 2 is 2.00 bits per heavy atom. The summed E-state index contributed by atoms with van der Waals surface area (Å²) in [7, 11) is 1.68. The first kappa shape index (κ1) is 15.2. The van der Waals surface area contributed by atoms with Gasteiger partial charge in [0.25, 0.3) is 0 Å². The molecule has 2 bridgehead atoms. The van der Waals surface area contributed by atoms with Gasteiger partial charge in [-0.3, -0.25) is 0 Å². The normalized spacial score (nSPS) is 31.0. The summed E-state index contributed by atoms with van der Waals surface area (Å²) in [5.74, 6) is 3.67. The fraction of sp³-hybridized carbons (Fsp3) is 0.600. The predicted octanol–water partition coefficient (Wildman–Crippen LogP) is 4.23. The van der Waals surface area contributed by atoms with Crippen LogP contribution >= 0.6 is 0 Å². The van der Waals surface area contributed by atoms with Crippen molar-refractivity contribution in [1.82, 2.24) is 4.90 Å². The van der Waals surface area contributed by atoms with E-state index >= 15 is 0 Å². The third-order valence-corrected chi connectivity index (χ3v) is 6.13. The van der Waals surface area contributed by atoms with Gasteiger partial charge in [-0.25, -0.2) is 4.39 Å². The summed E-state index contributed by atoms with van der Waals surface area (Å²) in [5.41, 5.74) is 1.05. The van der Waals surface area contributed by atoms with E-state index in [1.165, 1.54) is 25.5 Å². The van der Waals surface area contributed by atoms with Gasteiger partial charge < -0.3 is 9.64 Å². The third kappa shape index (κ3) is 3.03. The maximum atomic E-state index is 13.6. The molecule has 2 aliphatic carbocycles. The molecule has 4 rings (SSSR count). The smallest absolute Gasteiger partial charge is 0.123 e. The van der Waals surface area contributed by atoms with E-state index in [0.717, 1.165) is 55.0 Å². The van der Waals surface area contributed by atoms with Gasteiger partial charge in [-0.2, -0.15) is 0 Å². The van der Waals surface area contributed by atoms with Crippen molar-refractivity contribution < 1.29 is 9.13 Å². The molecule has 2 fully saturated rings. The molecule has 0 N–H and O–H groups in total. The number of methoxy groups -OCH3 is 1. The lowest BCUT2D eigenvalue weighted by Gasteiger charge is -2.35. The number of ether oxygens (including phenoxy) is 1. The van der Waals surface area contributed by atoms with Crippen molar-refractivity contribution in [3.63, 3.8) is 0 Å². The van der Waals surface area contributed by atoms with Gasteiger partial charge in [-0.15, -0.1) is 0 Å². The van der Waals surface area contributed by atoms with Crippen LogP contribution in [0, 0.1) is 23.6 Å². The molecule has 1 saturated heterocycles. The fourth-order valence-corrected chi connectivity index (χ4v) is 4.89. The molecule has 0 aromatic heterocycles. The van der Waals surface area contributed by atoms with Crippen LogP contribution in [0.4, 0.5) is 4.39 Å². The molecule has 124 valence electrons. The zero-order valence-electron chi connectivity index (χ0n) is 13.9. The minimum Gasteiger partial charge on any atom is -0.496 e. The summed E-state index contributed by atoms with van der Waals surface area (Å²) < 4.78 is 19.0. The van der Waals surface area contributed by atoms with Gasteiger partial charge in [0.15, 0.2) is 0 Å². The molecule has 0 amide bonds. The zero-order valence-corrected chi connectivity index (χ0v) is 13.9.